The average Bonchev–Trinajstić information content (AvgIpc) is 3.10. The Labute approximate surface area is 166 Å². The van der Waals surface area contributed by atoms with E-state index in [1.807, 2.05) is 0 Å². The standard InChI is InChI=1S/C18H19FN4O3S2/c1-10-11(2)22-17-14(7-12(19)8-15(17)21-10)18(24)20-9-13-5-6-16(27-13)28(25,26)23(3)4/h5-8H,9H2,1-4H3,(H,20,24). The van der Waals surface area contributed by atoms with E-state index in [9.17, 15) is 17.6 Å². The summed E-state index contributed by atoms with van der Waals surface area (Å²) in [4.78, 5) is 22.0. The summed E-state index contributed by atoms with van der Waals surface area (Å²) < 4.78 is 39.5. The summed E-state index contributed by atoms with van der Waals surface area (Å²) in [5.74, 6) is -1.09. The van der Waals surface area contributed by atoms with Crippen LogP contribution in [-0.2, 0) is 16.6 Å². The van der Waals surface area contributed by atoms with Crippen molar-refractivity contribution < 1.29 is 17.6 Å². The summed E-state index contributed by atoms with van der Waals surface area (Å²) in [7, 11) is -0.609. The van der Waals surface area contributed by atoms with E-state index in [0.717, 1.165) is 21.7 Å². The lowest BCUT2D eigenvalue weighted by atomic mass is 10.1. The van der Waals surface area contributed by atoms with Gasteiger partial charge in [0.1, 0.15) is 15.5 Å². The van der Waals surface area contributed by atoms with Crippen molar-refractivity contribution in [2.24, 2.45) is 0 Å². The second-order valence-corrected chi connectivity index (χ2v) is 9.95. The fourth-order valence-corrected chi connectivity index (χ4v) is 4.97. The molecule has 28 heavy (non-hydrogen) atoms. The van der Waals surface area contributed by atoms with Crippen LogP contribution in [0.25, 0.3) is 11.0 Å². The molecule has 3 aromatic rings. The molecule has 148 valence electrons. The van der Waals surface area contributed by atoms with Gasteiger partial charge in [0.05, 0.1) is 29.0 Å². The number of carbonyl (C=O) groups excluding carboxylic acids is 1. The van der Waals surface area contributed by atoms with Gasteiger partial charge in [-0.1, -0.05) is 0 Å². The Bertz CT molecular complexity index is 1170. The number of sulfonamides is 1. The summed E-state index contributed by atoms with van der Waals surface area (Å²) in [6.07, 6.45) is 0. The minimum atomic E-state index is -3.52. The smallest absolute Gasteiger partial charge is 0.253 e. The van der Waals surface area contributed by atoms with Gasteiger partial charge in [-0.3, -0.25) is 4.79 Å². The third kappa shape index (κ3) is 3.89. The Kier molecular flexibility index (Phi) is 5.46. The first-order valence-corrected chi connectivity index (χ1v) is 10.6. The van der Waals surface area contributed by atoms with Crippen LogP contribution in [0.5, 0.6) is 0 Å². The van der Waals surface area contributed by atoms with Gasteiger partial charge in [-0.15, -0.1) is 11.3 Å². The number of hydrogen-bond acceptors (Lipinski definition) is 6. The normalized spacial score (nSPS) is 11.9. The van der Waals surface area contributed by atoms with Crippen molar-refractivity contribution in [3.8, 4) is 0 Å². The molecule has 0 aliphatic rings. The first kappa shape index (κ1) is 20.3. The number of fused-ring (bicyclic) bond motifs is 1. The summed E-state index contributed by atoms with van der Waals surface area (Å²) >= 11 is 1.07. The van der Waals surface area contributed by atoms with Crippen molar-refractivity contribution in [3.05, 3.63) is 51.9 Å². The fourth-order valence-electron chi connectivity index (χ4n) is 2.51. The number of rotatable bonds is 5. The van der Waals surface area contributed by atoms with Crippen LogP contribution in [0, 0.1) is 19.7 Å². The maximum absolute atomic E-state index is 13.9. The highest BCUT2D eigenvalue weighted by molar-refractivity contribution is 7.91. The van der Waals surface area contributed by atoms with Gasteiger partial charge in [-0.25, -0.2) is 27.1 Å². The molecule has 0 saturated carbocycles. The molecule has 0 atom stereocenters. The largest absolute Gasteiger partial charge is 0.347 e. The Morgan fingerprint density at radius 3 is 2.54 bits per heavy atom. The zero-order valence-electron chi connectivity index (χ0n) is 15.8. The second kappa shape index (κ2) is 7.53. The average molecular weight is 423 g/mol. The number of nitrogens with zero attached hydrogens (tertiary/aromatic N) is 3. The molecule has 2 heterocycles. The number of aryl methyl sites for hydroxylation is 2. The van der Waals surface area contributed by atoms with E-state index in [0.29, 0.717) is 27.3 Å². The van der Waals surface area contributed by atoms with Crippen LogP contribution < -0.4 is 5.32 Å². The van der Waals surface area contributed by atoms with E-state index in [1.165, 1.54) is 26.2 Å². The lowest BCUT2D eigenvalue weighted by molar-refractivity contribution is 0.0952. The van der Waals surface area contributed by atoms with Gasteiger partial charge < -0.3 is 5.32 Å². The van der Waals surface area contributed by atoms with Crippen molar-refractivity contribution in [3.63, 3.8) is 0 Å². The van der Waals surface area contributed by atoms with E-state index < -0.39 is 21.7 Å². The number of amides is 1. The molecule has 0 bridgehead atoms. The molecule has 10 heteroatoms. The van der Waals surface area contributed by atoms with Crippen molar-refractivity contribution in [1.82, 2.24) is 19.6 Å². The van der Waals surface area contributed by atoms with Crippen molar-refractivity contribution >= 4 is 38.3 Å². The van der Waals surface area contributed by atoms with Gasteiger partial charge in [0, 0.05) is 25.0 Å². The van der Waals surface area contributed by atoms with Gasteiger partial charge in [0.25, 0.3) is 15.9 Å². The van der Waals surface area contributed by atoms with Crippen LogP contribution in [0.3, 0.4) is 0 Å². The Hall–Kier alpha value is -2.43. The first-order valence-electron chi connectivity index (χ1n) is 8.33. The van der Waals surface area contributed by atoms with Crippen LogP contribution in [0.2, 0.25) is 0 Å². The zero-order valence-corrected chi connectivity index (χ0v) is 17.4. The topological polar surface area (TPSA) is 92.3 Å². The summed E-state index contributed by atoms with van der Waals surface area (Å²) in [6.45, 7) is 3.65. The highest BCUT2D eigenvalue weighted by atomic mass is 32.2. The molecule has 0 unspecified atom stereocenters. The number of nitrogens with one attached hydrogen (secondary N) is 1. The molecule has 2 aromatic heterocycles. The number of benzene rings is 1. The Morgan fingerprint density at radius 2 is 1.86 bits per heavy atom. The summed E-state index contributed by atoms with van der Waals surface area (Å²) in [5.41, 5.74) is 2.04. The third-order valence-electron chi connectivity index (χ3n) is 4.19. The molecule has 1 amide bonds. The molecule has 0 aliphatic carbocycles. The number of halogens is 1. The quantitative estimate of drug-likeness (QED) is 0.682. The minimum absolute atomic E-state index is 0.0864. The summed E-state index contributed by atoms with van der Waals surface area (Å²) in [6, 6.07) is 5.50. The Morgan fingerprint density at radius 1 is 1.18 bits per heavy atom. The summed E-state index contributed by atoms with van der Waals surface area (Å²) in [5, 5.41) is 2.69. The van der Waals surface area contributed by atoms with E-state index in [-0.39, 0.29) is 16.3 Å². The van der Waals surface area contributed by atoms with E-state index in [4.69, 9.17) is 0 Å². The fraction of sp³-hybridized carbons (Fsp3) is 0.278. The lowest BCUT2D eigenvalue weighted by Crippen LogP contribution is -2.23. The highest BCUT2D eigenvalue weighted by Crippen LogP contribution is 2.24. The molecular weight excluding hydrogens is 403 g/mol. The molecular formula is C18H19FN4O3S2. The molecule has 0 radical (unpaired) electrons. The molecule has 1 N–H and O–H groups in total. The second-order valence-electron chi connectivity index (χ2n) is 6.41. The third-order valence-corrected chi connectivity index (χ3v) is 7.55. The van der Waals surface area contributed by atoms with E-state index >= 15 is 0 Å². The molecule has 1 aromatic carbocycles. The minimum Gasteiger partial charge on any atom is -0.347 e. The predicted molar refractivity (Wildman–Crippen MR) is 105 cm³/mol. The number of thiophene rings is 1. The molecule has 7 nitrogen and oxygen atoms in total. The van der Waals surface area contributed by atoms with Crippen molar-refractivity contribution in [2.75, 3.05) is 14.1 Å². The van der Waals surface area contributed by atoms with Gasteiger partial charge in [-0.2, -0.15) is 0 Å². The lowest BCUT2D eigenvalue weighted by Gasteiger charge is -2.09. The first-order chi connectivity index (χ1) is 13.1. The number of hydrogen-bond donors (Lipinski definition) is 1. The van der Waals surface area contributed by atoms with Gasteiger partial charge in [0.15, 0.2) is 0 Å². The predicted octanol–water partition coefficient (Wildman–Crippen LogP) is 2.63. The maximum Gasteiger partial charge on any atom is 0.253 e. The van der Waals surface area contributed by atoms with Crippen LogP contribution in [-0.4, -0.2) is 42.7 Å². The molecule has 0 aliphatic heterocycles. The number of carbonyl (C=O) groups is 1. The van der Waals surface area contributed by atoms with E-state index in [1.54, 1.807) is 19.9 Å². The monoisotopic (exact) mass is 422 g/mol. The van der Waals surface area contributed by atoms with Crippen LogP contribution >= 0.6 is 11.3 Å². The molecule has 0 fully saturated rings. The van der Waals surface area contributed by atoms with Crippen molar-refractivity contribution in [1.29, 1.82) is 0 Å². The van der Waals surface area contributed by atoms with Gasteiger partial charge in [0.2, 0.25) is 0 Å². The van der Waals surface area contributed by atoms with E-state index in [2.05, 4.69) is 15.3 Å². The van der Waals surface area contributed by atoms with Gasteiger partial charge in [-0.05, 0) is 32.0 Å². The van der Waals surface area contributed by atoms with Crippen LogP contribution in [0.4, 0.5) is 4.39 Å². The Balaban J connectivity index is 1.85. The van der Waals surface area contributed by atoms with Crippen LogP contribution in [0.1, 0.15) is 26.6 Å². The maximum atomic E-state index is 13.9. The van der Waals surface area contributed by atoms with Crippen LogP contribution in [0.15, 0.2) is 28.5 Å². The van der Waals surface area contributed by atoms with Crippen molar-refractivity contribution in [2.45, 2.75) is 24.6 Å². The molecule has 0 saturated heterocycles. The molecule has 3 rings (SSSR count). The molecule has 0 spiro atoms. The van der Waals surface area contributed by atoms with Gasteiger partial charge >= 0.3 is 0 Å². The number of aromatic nitrogens is 2. The zero-order chi connectivity index (χ0) is 20.6. The SMILES string of the molecule is Cc1nc2cc(F)cc(C(=O)NCc3ccc(S(=O)(=O)N(C)C)s3)c2nc1C. The highest BCUT2D eigenvalue weighted by Gasteiger charge is 2.20.